The van der Waals surface area contributed by atoms with Crippen molar-refractivity contribution in [2.75, 3.05) is 19.4 Å². The van der Waals surface area contributed by atoms with Crippen LogP contribution in [0.1, 0.15) is 12.8 Å². The molecule has 0 aliphatic heterocycles. The zero-order valence-corrected chi connectivity index (χ0v) is 17.7. The fourth-order valence-electron chi connectivity index (χ4n) is 2.13. The second-order valence-corrected chi connectivity index (χ2v) is 8.30. The number of aliphatic imine (C=N–C) groups is 1. The normalized spacial score (nSPS) is 13.7. The predicted molar refractivity (Wildman–Crippen MR) is 104 cm³/mol. The largest absolute Gasteiger partial charge is 0.465 e. The zero-order valence-electron chi connectivity index (χ0n) is 16.1. The summed E-state index contributed by atoms with van der Waals surface area (Å²) in [6, 6.07) is 5.44. The van der Waals surface area contributed by atoms with Crippen molar-refractivity contribution < 1.29 is 35.5 Å². The van der Waals surface area contributed by atoms with Crippen molar-refractivity contribution in [3.8, 4) is 11.5 Å². The minimum Gasteiger partial charge on any atom is -0.465 e. The Hall–Kier alpha value is -2.93. The second-order valence-electron chi connectivity index (χ2n) is 5.91. The van der Waals surface area contributed by atoms with Gasteiger partial charge in [0.15, 0.2) is 9.84 Å². The first kappa shape index (κ1) is 24.3. The van der Waals surface area contributed by atoms with Crippen molar-refractivity contribution in [2.45, 2.75) is 18.0 Å². The highest BCUT2D eigenvalue weighted by atomic mass is 35.5. The molecule has 0 spiro atoms. The number of rotatable bonds is 7. The van der Waals surface area contributed by atoms with E-state index in [2.05, 4.69) is 19.9 Å². The summed E-state index contributed by atoms with van der Waals surface area (Å²) in [4.78, 5) is 15.2. The van der Waals surface area contributed by atoms with Gasteiger partial charge in [0, 0.05) is 11.8 Å². The van der Waals surface area contributed by atoms with Crippen LogP contribution in [-0.2, 0) is 19.4 Å². The number of esters is 1. The number of benzene rings is 1. The third-order valence-corrected chi connectivity index (χ3v) is 5.05. The Labute approximate surface area is 179 Å². The summed E-state index contributed by atoms with van der Waals surface area (Å²) in [6.45, 7) is 0.872. The highest BCUT2D eigenvalue weighted by Crippen LogP contribution is 2.29. The Bertz CT molecular complexity index is 1140. The van der Waals surface area contributed by atoms with Gasteiger partial charge in [0.25, 0.3) is 5.89 Å². The van der Waals surface area contributed by atoms with E-state index < -0.39 is 50.9 Å². The van der Waals surface area contributed by atoms with Crippen LogP contribution in [-0.4, -0.2) is 55.9 Å². The van der Waals surface area contributed by atoms with Crippen LogP contribution < -0.4 is 5.73 Å². The van der Waals surface area contributed by atoms with Crippen LogP contribution in [0.3, 0.4) is 0 Å². The summed E-state index contributed by atoms with van der Waals surface area (Å²) in [5.41, 5.74) is 2.87. The SMILES string of the molecule is CCOC(=O)CN=C(C(Cl)=C(N)C(F)(F)F)c1nnc(-c2cccc(S(C)(=O)=O)c2)o1. The Balaban J connectivity index is 2.53. The molecule has 1 heterocycles. The van der Waals surface area contributed by atoms with E-state index in [-0.39, 0.29) is 23.0 Å². The summed E-state index contributed by atoms with van der Waals surface area (Å²) >= 11 is 5.76. The number of halogens is 4. The molecule has 1 aromatic carbocycles. The van der Waals surface area contributed by atoms with Crippen LogP contribution in [0.4, 0.5) is 13.2 Å². The first-order valence-corrected chi connectivity index (χ1v) is 10.7. The van der Waals surface area contributed by atoms with Crippen molar-refractivity contribution in [2.24, 2.45) is 10.7 Å². The van der Waals surface area contributed by atoms with E-state index in [9.17, 15) is 26.4 Å². The molecule has 0 unspecified atom stereocenters. The first-order chi connectivity index (χ1) is 14.3. The maximum Gasteiger partial charge on any atom is 0.432 e. The number of sulfone groups is 1. The molecule has 0 saturated heterocycles. The van der Waals surface area contributed by atoms with E-state index in [4.69, 9.17) is 21.8 Å². The number of alkyl halides is 3. The third kappa shape index (κ3) is 6.28. The predicted octanol–water partition coefficient (Wildman–Crippen LogP) is 2.46. The molecule has 0 atom stereocenters. The number of nitrogens with two attached hydrogens (primary N) is 1. The molecule has 2 N–H and O–H groups in total. The molecular formula is C17H16ClF3N4O5S. The Morgan fingerprint density at radius 1 is 1.32 bits per heavy atom. The lowest BCUT2D eigenvalue weighted by molar-refractivity contribution is -0.141. The van der Waals surface area contributed by atoms with E-state index >= 15 is 0 Å². The summed E-state index contributed by atoms with van der Waals surface area (Å²) in [5, 5.41) is 6.23. The van der Waals surface area contributed by atoms with Gasteiger partial charge in [-0.1, -0.05) is 17.7 Å². The maximum atomic E-state index is 13.0. The van der Waals surface area contributed by atoms with E-state index in [1.807, 2.05) is 0 Å². The highest BCUT2D eigenvalue weighted by Gasteiger charge is 2.36. The number of carbonyl (C=O) groups is 1. The van der Waals surface area contributed by atoms with Crippen LogP contribution in [0.5, 0.6) is 0 Å². The number of ether oxygens (including phenoxy) is 1. The van der Waals surface area contributed by atoms with Crippen LogP contribution in [0, 0.1) is 0 Å². The summed E-state index contributed by atoms with van der Waals surface area (Å²) < 4.78 is 72.4. The first-order valence-electron chi connectivity index (χ1n) is 8.41. The Morgan fingerprint density at radius 3 is 2.58 bits per heavy atom. The van der Waals surface area contributed by atoms with Gasteiger partial charge in [-0.25, -0.2) is 8.42 Å². The zero-order chi connectivity index (χ0) is 23.4. The fraction of sp³-hybridized carbons (Fsp3) is 0.294. The molecule has 168 valence electrons. The van der Waals surface area contributed by atoms with E-state index in [0.29, 0.717) is 0 Å². The maximum absolute atomic E-state index is 13.0. The quantitative estimate of drug-likeness (QED) is 0.471. The standard InChI is InChI=1S/C17H16ClF3N4O5S/c1-3-29-11(26)8-23-13(12(18)14(22)17(19,20)21)16-25-24-15(30-16)9-5-4-6-10(7-9)31(2,27)28/h4-7H,3,8,22H2,1-2H3. The number of aromatic nitrogens is 2. The number of hydrogen-bond acceptors (Lipinski definition) is 9. The van der Waals surface area contributed by atoms with Crippen molar-refractivity contribution in [1.29, 1.82) is 0 Å². The lowest BCUT2D eigenvalue weighted by atomic mass is 10.2. The van der Waals surface area contributed by atoms with Crippen molar-refractivity contribution >= 4 is 33.1 Å². The number of allylic oxidation sites excluding steroid dienone is 2. The highest BCUT2D eigenvalue weighted by molar-refractivity contribution is 7.90. The molecule has 31 heavy (non-hydrogen) atoms. The van der Waals surface area contributed by atoms with Gasteiger partial charge in [0.1, 0.15) is 18.0 Å². The van der Waals surface area contributed by atoms with Gasteiger partial charge in [-0.2, -0.15) is 13.2 Å². The Morgan fingerprint density at radius 2 is 2.00 bits per heavy atom. The van der Waals surface area contributed by atoms with Gasteiger partial charge in [-0.3, -0.25) is 9.79 Å². The van der Waals surface area contributed by atoms with E-state index in [0.717, 1.165) is 6.26 Å². The van der Waals surface area contributed by atoms with Crippen molar-refractivity contribution in [3.05, 3.63) is 40.9 Å². The second kappa shape index (κ2) is 9.47. The molecule has 0 bridgehead atoms. The molecule has 0 amide bonds. The number of hydrogen-bond donors (Lipinski definition) is 1. The van der Waals surface area contributed by atoms with Gasteiger partial charge in [-0.15, -0.1) is 10.2 Å². The molecule has 0 fully saturated rings. The molecule has 1 aromatic heterocycles. The molecule has 0 radical (unpaired) electrons. The topological polar surface area (TPSA) is 138 Å². The summed E-state index contributed by atoms with van der Waals surface area (Å²) in [7, 11) is -3.54. The van der Waals surface area contributed by atoms with Crippen LogP contribution in [0.15, 0.2) is 49.3 Å². The average Bonchev–Trinajstić information content (AvgIpc) is 3.16. The lowest BCUT2D eigenvalue weighted by Gasteiger charge is -2.10. The third-order valence-electron chi connectivity index (χ3n) is 3.56. The molecule has 0 saturated carbocycles. The number of carbonyl (C=O) groups excluding carboxylic acids is 1. The molecule has 0 aliphatic rings. The molecule has 14 heteroatoms. The minimum atomic E-state index is -4.99. The minimum absolute atomic E-state index is 0.0271. The van der Waals surface area contributed by atoms with E-state index in [1.54, 1.807) is 0 Å². The van der Waals surface area contributed by atoms with Gasteiger partial charge in [0.2, 0.25) is 5.89 Å². The Kier molecular flexibility index (Phi) is 7.44. The molecule has 2 rings (SSSR count). The van der Waals surface area contributed by atoms with Gasteiger partial charge in [0.05, 0.1) is 16.5 Å². The summed E-state index contributed by atoms with van der Waals surface area (Å²) in [6.07, 6.45) is -4.00. The summed E-state index contributed by atoms with van der Waals surface area (Å²) in [5.74, 6) is -1.63. The van der Waals surface area contributed by atoms with Gasteiger partial charge >= 0.3 is 12.1 Å². The molecule has 9 nitrogen and oxygen atoms in total. The molecule has 2 aromatic rings. The van der Waals surface area contributed by atoms with Crippen molar-refractivity contribution in [1.82, 2.24) is 10.2 Å². The van der Waals surface area contributed by atoms with Gasteiger partial charge < -0.3 is 14.9 Å². The van der Waals surface area contributed by atoms with Crippen LogP contribution in [0.25, 0.3) is 11.5 Å². The van der Waals surface area contributed by atoms with Crippen molar-refractivity contribution in [3.63, 3.8) is 0 Å². The smallest absolute Gasteiger partial charge is 0.432 e. The lowest BCUT2D eigenvalue weighted by Crippen LogP contribution is -2.24. The average molecular weight is 481 g/mol. The number of nitrogens with zero attached hydrogens (tertiary/aromatic N) is 3. The molecular weight excluding hydrogens is 465 g/mol. The molecule has 0 aliphatic carbocycles. The van der Waals surface area contributed by atoms with Gasteiger partial charge in [-0.05, 0) is 25.1 Å². The fourth-order valence-corrected chi connectivity index (χ4v) is 3.04. The monoisotopic (exact) mass is 480 g/mol. The van der Waals surface area contributed by atoms with Crippen LogP contribution >= 0.6 is 11.6 Å². The van der Waals surface area contributed by atoms with Crippen LogP contribution in [0.2, 0.25) is 0 Å². The van der Waals surface area contributed by atoms with E-state index in [1.165, 1.54) is 31.2 Å².